The van der Waals surface area contributed by atoms with Gasteiger partial charge in [-0.2, -0.15) is 0 Å². The fourth-order valence-electron chi connectivity index (χ4n) is 3.80. The number of carbonyl (C=O) groups is 1. The second-order valence-electron chi connectivity index (χ2n) is 6.59. The molecule has 112 valence electrons. The number of nitrogens with one attached hydrogen (secondary N) is 2. The zero-order valence-corrected chi connectivity index (χ0v) is 13.0. The second kappa shape index (κ2) is 5.55. The molecule has 1 amide bonds. The fourth-order valence-corrected chi connectivity index (χ4v) is 3.80. The van der Waals surface area contributed by atoms with Crippen molar-refractivity contribution in [2.45, 2.75) is 39.7 Å². The number of allylic oxidation sites excluding steroid dienone is 2. The van der Waals surface area contributed by atoms with Crippen LogP contribution in [0.1, 0.15) is 32.3 Å². The number of fused-ring (bicyclic) bond motifs is 2. The van der Waals surface area contributed by atoms with Gasteiger partial charge in [-0.25, -0.2) is 0 Å². The first-order valence-electron chi connectivity index (χ1n) is 7.86. The van der Waals surface area contributed by atoms with Crippen molar-refractivity contribution in [3.63, 3.8) is 0 Å². The highest BCUT2D eigenvalue weighted by Crippen LogP contribution is 2.45. The van der Waals surface area contributed by atoms with Crippen LogP contribution in [0.5, 0.6) is 0 Å². The van der Waals surface area contributed by atoms with Crippen molar-refractivity contribution in [2.24, 2.45) is 17.8 Å². The maximum absolute atomic E-state index is 11.3. The van der Waals surface area contributed by atoms with E-state index in [1.165, 1.54) is 12.8 Å². The van der Waals surface area contributed by atoms with Crippen LogP contribution in [0, 0.1) is 24.7 Å². The zero-order chi connectivity index (χ0) is 15.0. The lowest BCUT2D eigenvalue weighted by Crippen LogP contribution is -2.28. The molecule has 3 nitrogen and oxygen atoms in total. The standard InChI is InChI=1S/C18H24N2O/c1-11-4-7-16(10-18(11)20-13(3)21)19-12(2)17-9-14-5-6-15(17)8-14/h4-7,10,12,14-15,17,19H,8-9H2,1-3H3,(H,20,21). The number of carbonyl (C=O) groups excluding carboxylic acids is 1. The average Bonchev–Trinajstić information content (AvgIpc) is 3.04. The summed E-state index contributed by atoms with van der Waals surface area (Å²) in [7, 11) is 0. The molecule has 0 radical (unpaired) electrons. The van der Waals surface area contributed by atoms with Crippen molar-refractivity contribution in [1.29, 1.82) is 0 Å². The summed E-state index contributed by atoms with van der Waals surface area (Å²) in [5.74, 6) is 2.25. The van der Waals surface area contributed by atoms with Gasteiger partial charge in [0, 0.05) is 24.3 Å². The highest BCUT2D eigenvalue weighted by atomic mass is 16.1. The number of amides is 1. The molecule has 4 unspecified atom stereocenters. The van der Waals surface area contributed by atoms with Gasteiger partial charge in [0.25, 0.3) is 0 Å². The SMILES string of the molecule is CC(=O)Nc1cc(NC(C)C2CC3C=CC2C3)ccc1C. The van der Waals surface area contributed by atoms with Crippen LogP contribution in [-0.4, -0.2) is 11.9 Å². The molecule has 1 fully saturated rings. The molecular weight excluding hydrogens is 260 g/mol. The van der Waals surface area contributed by atoms with Gasteiger partial charge in [0.1, 0.15) is 0 Å². The van der Waals surface area contributed by atoms with Gasteiger partial charge >= 0.3 is 0 Å². The largest absolute Gasteiger partial charge is 0.382 e. The Labute approximate surface area is 126 Å². The van der Waals surface area contributed by atoms with E-state index in [1.807, 2.05) is 13.0 Å². The molecular formula is C18H24N2O. The van der Waals surface area contributed by atoms with E-state index in [1.54, 1.807) is 6.92 Å². The Hall–Kier alpha value is -1.77. The van der Waals surface area contributed by atoms with Crippen molar-refractivity contribution in [1.82, 2.24) is 0 Å². The lowest BCUT2D eigenvalue weighted by molar-refractivity contribution is -0.114. The van der Waals surface area contributed by atoms with E-state index in [4.69, 9.17) is 0 Å². The van der Waals surface area contributed by atoms with Gasteiger partial charge in [0.05, 0.1) is 0 Å². The molecule has 2 aliphatic carbocycles. The molecule has 0 saturated heterocycles. The quantitative estimate of drug-likeness (QED) is 0.822. The number of benzene rings is 1. The first-order valence-corrected chi connectivity index (χ1v) is 7.86. The van der Waals surface area contributed by atoms with E-state index in [-0.39, 0.29) is 5.91 Å². The molecule has 0 heterocycles. The molecule has 1 aromatic rings. The molecule has 1 saturated carbocycles. The van der Waals surface area contributed by atoms with Gasteiger partial charge < -0.3 is 10.6 Å². The summed E-state index contributed by atoms with van der Waals surface area (Å²) < 4.78 is 0. The van der Waals surface area contributed by atoms with Crippen LogP contribution in [0.25, 0.3) is 0 Å². The second-order valence-corrected chi connectivity index (χ2v) is 6.59. The monoisotopic (exact) mass is 284 g/mol. The van der Waals surface area contributed by atoms with E-state index < -0.39 is 0 Å². The maximum Gasteiger partial charge on any atom is 0.221 e. The van der Waals surface area contributed by atoms with Gasteiger partial charge in [-0.1, -0.05) is 18.2 Å². The summed E-state index contributed by atoms with van der Waals surface area (Å²) in [5, 5.41) is 6.52. The molecule has 3 heteroatoms. The van der Waals surface area contributed by atoms with Crippen LogP contribution in [0.2, 0.25) is 0 Å². The molecule has 0 aromatic heterocycles. The smallest absolute Gasteiger partial charge is 0.221 e. The Morgan fingerprint density at radius 3 is 2.71 bits per heavy atom. The molecule has 1 aromatic carbocycles. The third-order valence-electron chi connectivity index (χ3n) is 4.92. The molecule has 21 heavy (non-hydrogen) atoms. The van der Waals surface area contributed by atoms with Gasteiger partial charge in [-0.15, -0.1) is 0 Å². The molecule has 0 aliphatic heterocycles. The topological polar surface area (TPSA) is 41.1 Å². The third kappa shape index (κ3) is 2.97. The number of anilines is 2. The molecule has 2 N–H and O–H groups in total. The summed E-state index contributed by atoms with van der Waals surface area (Å²) >= 11 is 0. The van der Waals surface area contributed by atoms with E-state index in [2.05, 4.69) is 41.8 Å². The van der Waals surface area contributed by atoms with E-state index in [0.29, 0.717) is 6.04 Å². The Kier molecular flexibility index (Phi) is 3.75. The number of rotatable bonds is 4. The Balaban J connectivity index is 1.69. The third-order valence-corrected chi connectivity index (χ3v) is 4.92. The van der Waals surface area contributed by atoms with E-state index in [9.17, 15) is 4.79 Å². The van der Waals surface area contributed by atoms with Crippen LogP contribution >= 0.6 is 0 Å². The lowest BCUT2D eigenvalue weighted by atomic mass is 9.87. The van der Waals surface area contributed by atoms with Crippen LogP contribution in [0.4, 0.5) is 11.4 Å². The number of aryl methyl sites for hydroxylation is 1. The van der Waals surface area contributed by atoms with Gasteiger partial charge in [-0.05, 0) is 62.1 Å². The highest BCUT2D eigenvalue weighted by molar-refractivity contribution is 5.90. The van der Waals surface area contributed by atoms with E-state index >= 15 is 0 Å². The minimum absolute atomic E-state index is 0.0264. The summed E-state index contributed by atoms with van der Waals surface area (Å²) in [4.78, 5) is 11.3. The Morgan fingerprint density at radius 1 is 1.29 bits per heavy atom. The summed E-state index contributed by atoms with van der Waals surface area (Å²) in [5.41, 5.74) is 3.07. The van der Waals surface area contributed by atoms with Crippen LogP contribution in [0.15, 0.2) is 30.4 Å². The van der Waals surface area contributed by atoms with Gasteiger partial charge in [0.2, 0.25) is 5.91 Å². The summed E-state index contributed by atoms with van der Waals surface area (Å²) in [6.07, 6.45) is 7.42. The molecule has 0 spiro atoms. The highest BCUT2D eigenvalue weighted by Gasteiger charge is 2.38. The first kappa shape index (κ1) is 14.2. The van der Waals surface area contributed by atoms with E-state index in [0.717, 1.165) is 34.7 Å². The first-order chi connectivity index (χ1) is 10.0. The minimum atomic E-state index is -0.0264. The molecule has 4 atom stereocenters. The van der Waals surface area contributed by atoms with Crippen molar-refractivity contribution < 1.29 is 4.79 Å². The zero-order valence-electron chi connectivity index (χ0n) is 13.0. The van der Waals surface area contributed by atoms with Crippen LogP contribution in [0.3, 0.4) is 0 Å². The number of hydrogen-bond acceptors (Lipinski definition) is 2. The minimum Gasteiger partial charge on any atom is -0.382 e. The van der Waals surface area contributed by atoms with Crippen LogP contribution < -0.4 is 10.6 Å². The predicted octanol–water partition coefficient (Wildman–Crippen LogP) is 3.97. The van der Waals surface area contributed by atoms with Crippen LogP contribution in [-0.2, 0) is 4.79 Å². The fraction of sp³-hybridized carbons (Fsp3) is 0.500. The number of hydrogen-bond donors (Lipinski definition) is 2. The molecule has 2 aliphatic rings. The molecule has 2 bridgehead atoms. The summed E-state index contributed by atoms with van der Waals surface area (Å²) in [6, 6.07) is 6.65. The Morgan fingerprint density at radius 2 is 2.10 bits per heavy atom. The van der Waals surface area contributed by atoms with Gasteiger partial charge in [0.15, 0.2) is 0 Å². The lowest BCUT2D eigenvalue weighted by Gasteiger charge is -2.27. The maximum atomic E-state index is 11.3. The van der Waals surface area contributed by atoms with Crippen molar-refractivity contribution in [2.75, 3.05) is 10.6 Å². The normalized spacial score (nSPS) is 27.7. The van der Waals surface area contributed by atoms with Crippen molar-refractivity contribution in [3.8, 4) is 0 Å². The average molecular weight is 284 g/mol. The van der Waals surface area contributed by atoms with Crippen molar-refractivity contribution >= 4 is 17.3 Å². The van der Waals surface area contributed by atoms with Crippen molar-refractivity contribution in [3.05, 3.63) is 35.9 Å². The summed E-state index contributed by atoms with van der Waals surface area (Å²) in [6.45, 7) is 5.83. The van der Waals surface area contributed by atoms with Gasteiger partial charge in [-0.3, -0.25) is 4.79 Å². The predicted molar refractivity (Wildman–Crippen MR) is 87.4 cm³/mol. The molecule has 3 rings (SSSR count). The Bertz CT molecular complexity index is 579.